The van der Waals surface area contributed by atoms with Crippen molar-refractivity contribution in [2.24, 2.45) is 10.2 Å². The molecule has 0 atom stereocenters. The molecule has 1 aromatic carbocycles. The molecule has 6 rings (SSSR count). The number of hydrogen-bond acceptors (Lipinski definition) is 9. The third-order valence-electron chi connectivity index (χ3n) is 6.40. The molecule has 2 aliphatic rings. The Kier molecular flexibility index (Phi) is 5.35. The molecule has 0 bridgehead atoms. The molecule has 1 fully saturated rings. The van der Waals surface area contributed by atoms with Crippen LogP contribution in [0.4, 0.5) is 36.6 Å². The Morgan fingerprint density at radius 2 is 1.72 bits per heavy atom. The maximum Gasteiger partial charge on any atom is 0.442 e. The number of halogens is 7. The van der Waals surface area contributed by atoms with E-state index < -0.39 is 60.1 Å². The van der Waals surface area contributed by atoms with Crippen molar-refractivity contribution < 1.29 is 30.7 Å². The van der Waals surface area contributed by atoms with Gasteiger partial charge in [-0.15, -0.1) is 15.3 Å². The molecule has 2 aliphatic heterocycles. The van der Waals surface area contributed by atoms with E-state index in [-0.39, 0.29) is 29.2 Å². The minimum absolute atomic E-state index is 0.178. The molecule has 1 saturated heterocycles. The highest BCUT2D eigenvalue weighted by Crippen LogP contribution is 2.53. The van der Waals surface area contributed by atoms with Crippen LogP contribution in [0.2, 0.25) is 0 Å². The van der Waals surface area contributed by atoms with E-state index >= 15 is 8.78 Å². The monoisotopic (exact) mass is 552 g/mol. The summed E-state index contributed by atoms with van der Waals surface area (Å²) in [4.78, 5) is 16.5. The quantitative estimate of drug-likeness (QED) is 0.330. The number of fused-ring (bicyclic) bond motifs is 1. The summed E-state index contributed by atoms with van der Waals surface area (Å²) in [5, 5.41) is 14.1. The highest BCUT2D eigenvalue weighted by Gasteiger charge is 2.66. The van der Waals surface area contributed by atoms with Crippen LogP contribution >= 0.6 is 0 Å². The van der Waals surface area contributed by atoms with Crippen LogP contribution in [0.25, 0.3) is 11.2 Å². The fourth-order valence-electron chi connectivity index (χ4n) is 4.34. The van der Waals surface area contributed by atoms with E-state index in [1.807, 2.05) is 0 Å². The van der Waals surface area contributed by atoms with E-state index in [1.54, 1.807) is 0 Å². The fraction of sp³-hybridized carbons (Fsp3) is 0.364. The van der Waals surface area contributed by atoms with Gasteiger partial charge in [0.25, 0.3) is 5.92 Å². The van der Waals surface area contributed by atoms with Crippen molar-refractivity contribution in [1.29, 1.82) is 0 Å². The number of alkyl halides is 7. The summed E-state index contributed by atoms with van der Waals surface area (Å²) in [5.74, 6) is -8.16. The number of anilines is 1. The topological polar surface area (TPSA) is 110 Å². The lowest BCUT2D eigenvalue weighted by atomic mass is 10.0. The van der Waals surface area contributed by atoms with Crippen molar-refractivity contribution in [3.05, 3.63) is 65.5 Å². The first-order valence-electron chi connectivity index (χ1n) is 11.4. The molecule has 0 amide bonds. The number of benzene rings is 1. The molecule has 0 spiro atoms. The minimum Gasteiger partial charge on any atom is -0.348 e. The Bertz CT molecular complexity index is 1580. The molecule has 0 N–H and O–H groups in total. The van der Waals surface area contributed by atoms with Gasteiger partial charge in [-0.05, 0) is 0 Å². The summed E-state index contributed by atoms with van der Waals surface area (Å²) in [7, 11) is 0. The van der Waals surface area contributed by atoms with Crippen molar-refractivity contribution in [3.8, 4) is 0 Å². The molecule has 0 aliphatic carbocycles. The molecular weight excluding hydrogens is 537 g/mol. The molecule has 3 aromatic heterocycles. The maximum atomic E-state index is 15.5. The minimum atomic E-state index is -4.88. The van der Waals surface area contributed by atoms with Crippen molar-refractivity contribution >= 4 is 17.0 Å². The molecule has 39 heavy (non-hydrogen) atoms. The number of nitrogens with zero attached hydrogens (tertiary/aromatic N) is 10. The Morgan fingerprint density at radius 1 is 0.974 bits per heavy atom. The molecule has 0 radical (unpaired) electrons. The lowest BCUT2D eigenvalue weighted by Crippen LogP contribution is -2.32. The first-order chi connectivity index (χ1) is 18.4. The number of hydrogen-bond donors (Lipinski definition) is 0. The molecule has 4 aromatic rings. The molecule has 0 saturated carbocycles. The predicted octanol–water partition coefficient (Wildman–Crippen LogP) is 4.23. The highest BCUT2D eigenvalue weighted by atomic mass is 19.4. The Labute approximate surface area is 213 Å². The molecule has 5 heterocycles. The summed E-state index contributed by atoms with van der Waals surface area (Å²) in [6.07, 6.45) is -3.52. The van der Waals surface area contributed by atoms with Gasteiger partial charge in [0.1, 0.15) is 6.33 Å². The van der Waals surface area contributed by atoms with Gasteiger partial charge in [-0.1, -0.05) is 35.5 Å². The Hall–Kier alpha value is -4.31. The van der Waals surface area contributed by atoms with Crippen LogP contribution in [0.5, 0.6) is 0 Å². The summed E-state index contributed by atoms with van der Waals surface area (Å²) in [6, 6.07) is 6.61. The largest absolute Gasteiger partial charge is 0.442 e. The summed E-state index contributed by atoms with van der Waals surface area (Å²) in [5.41, 5.74) is -4.50. The van der Waals surface area contributed by atoms with Crippen molar-refractivity contribution in [2.75, 3.05) is 18.0 Å². The summed E-state index contributed by atoms with van der Waals surface area (Å²) < 4.78 is 101. The van der Waals surface area contributed by atoms with Crippen LogP contribution in [0.1, 0.15) is 29.1 Å². The van der Waals surface area contributed by atoms with Gasteiger partial charge in [0, 0.05) is 24.7 Å². The summed E-state index contributed by atoms with van der Waals surface area (Å²) >= 11 is 0. The smallest absolute Gasteiger partial charge is 0.348 e. The van der Waals surface area contributed by atoms with Gasteiger partial charge < -0.3 is 4.90 Å². The van der Waals surface area contributed by atoms with Crippen LogP contribution < -0.4 is 4.90 Å². The van der Waals surface area contributed by atoms with Crippen molar-refractivity contribution in [3.63, 3.8) is 0 Å². The maximum absolute atomic E-state index is 15.5. The van der Waals surface area contributed by atoms with Crippen LogP contribution in [-0.4, -0.2) is 60.1 Å². The van der Waals surface area contributed by atoms with Crippen LogP contribution in [-0.2, 0) is 18.1 Å². The standard InChI is InChI=1S/C22H15F7N10/c23-19(24)6-7-38(10-19)16-15-17(33-18(32-16)20(25,26)12-4-2-1-3-5-12)39(37-34-15)9-14-13(8-30-11-31-14)21(35-36-21)22(27,28)29/h1-5,8,11H,6-7,9-10H2. The van der Waals surface area contributed by atoms with Gasteiger partial charge in [0.2, 0.25) is 5.82 Å². The Morgan fingerprint density at radius 3 is 2.36 bits per heavy atom. The molecular formula is C22H15F7N10. The lowest BCUT2D eigenvalue weighted by Gasteiger charge is -2.21. The van der Waals surface area contributed by atoms with Crippen LogP contribution in [0.15, 0.2) is 53.1 Å². The molecule has 202 valence electrons. The van der Waals surface area contributed by atoms with Crippen LogP contribution in [0.3, 0.4) is 0 Å². The normalized spacial score (nSPS) is 18.2. The van der Waals surface area contributed by atoms with Gasteiger partial charge in [-0.25, -0.2) is 33.4 Å². The van der Waals surface area contributed by atoms with Crippen molar-refractivity contribution in [2.45, 2.75) is 36.6 Å². The fourth-order valence-corrected chi connectivity index (χ4v) is 4.34. The third kappa shape index (κ3) is 4.11. The SMILES string of the molecule is FC1(F)CCN(c2nc(C(F)(F)c3ccccc3)nc3c2nnn3Cc2ncncc2C2(C(F)(F)F)N=N2)C1. The molecule has 17 heteroatoms. The third-order valence-corrected chi connectivity index (χ3v) is 6.40. The lowest BCUT2D eigenvalue weighted by molar-refractivity contribution is -0.166. The first kappa shape index (κ1) is 25.0. The number of rotatable bonds is 6. The van der Waals surface area contributed by atoms with Crippen molar-refractivity contribution in [1.82, 2.24) is 34.9 Å². The predicted molar refractivity (Wildman–Crippen MR) is 118 cm³/mol. The first-order valence-corrected chi connectivity index (χ1v) is 11.4. The second-order valence-corrected chi connectivity index (χ2v) is 9.01. The second kappa shape index (κ2) is 8.34. The molecule has 0 unspecified atom stereocenters. The average molecular weight is 552 g/mol. The highest BCUT2D eigenvalue weighted by molar-refractivity contribution is 5.83. The van der Waals surface area contributed by atoms with E-state index in [4.69, 9.17) is 0 Å². The number of aromatic nitrogens is 7. The van der Waals surface area contributed by atoms with Gasteiger partial charge in [-0.2, -0.15) is 22.0 Å². The van der Waals surface area contributed by atoms with Crippen LogP contribution in [0, 0.1) is 0 Å². The van der Waals surface area contributed by atoms with Gasteiger partial charge >= 0.3 is 17.8 Å². The van der Waals surface area contributed by atoms with E-state index in [1.165, 1.54) is 18.2 Å². The zero-order chi connectivity index (χ0) is 27.6. The van der Waals surface area contributed by atoms with Gasteiger partial charge in [0.15, 0.2) is 17.0 Å². The van der Waals surface area contributed by atoms with Gasteiger partial charge in [-0.3, -0.25) is 0 Å². The van der Waals surface area contributed by atoms with Gasteiger partial charge in [0.05, 0.1) is 24.3 Å². The molecule has 10 nitrogen and oxygen atoms in total. The van der Waals surface area contributed by atoms with E-state index in [2.05, 4.69) is 40.5 Å². The van der Waals surface area contributed by atoms with E-state index in [0.717, 1.165) is 34.2 Å². The average Bonchev–Trinajstić information content (AvgIpc) is 3.52. The van der Waals surface area contributed by atoms with E-state index in [0.29, 0.717) is 0 Å². The van der Waals surface area contributed by atoms with E-state index in [9.17, 15) is 22.0 Å². The Balaban J connectivity index is 1.48. The second-order valence-electron chi connectivity index (χ2n) is 9.01. The summed E-state index contributed by atoms with van der Waals surface area (Å²) in [6.45, 7) is -1.51. The zero-order valence-corrected chi connectivity index (χ0v) is 19.5. The zero-order valence-electron chi connectivity index (χ0n) is 19.5.